The van der Waals surface area contributed by atoms with Crippen molar-refractivity contribution >= 4 is 44.6 Å². The van der Waals surface area contributed by atoms with E-state index in [0.29, 0.717) is 22.1 Å². The number of carbonyl (C=O) groups excluding carboxylic acids is 1. The van der Waals surface area contributed by atoms with Crippen molar-refractivity contribution in [1.29, 1.82) is 0 Å². The fraction of sp³-hybridized carbons (Fsp3) is 0.308. The fourth-order valence-corrected chi connectivity index (χ4v) is 3.20. The third-order valence-corrected chi connectivity index (χ3v) is 4.32. The molecule has 0 aliphatic rings. The molecular weight excluding hydrogens is 282 g/mol. The molecule has 1 amide bonds. The maximum Gasteiger partial charge on any atom is 0.265 e. The lowest BCUT2D eigenvalue weighted by Gasteiger charge is -2.16. The molecule has 0 saturated carbocycles. The zero-order valence-corrected chi connectivity index (χ0v) is 12.4. The first kappa shape index (κ1) is 14.1. The minimum Gasteiger partial charge on any atom is -0.397 e. The number of carbonyl (C=O) groups is 1. The van der Waals surface area contributed by atoms with Crippen molar-refractivity contribution in [2.24, 2.45) is 0 Å². The average molecular weight is 298 g/mol. The minimum atomic E-state index is -0.0509. The number of hydrogen-bond acceptors (Lipinski definition) is 4. The van der Waals surface area contributed by atoms with Crippen LogP contribution in [0.4, 0.5) is 5.69 Å². The van der Waals surface area contributed by atoms with Crippen molar-refractivity contribution in [3.8, 4) is 0 Å². The van der Waals surface area contributed by atoms with Crippen LogP contribution < -0.4 is 11.1 Å². The van der Waals surface area contributed by atoms with Crippen molar-refractivity contribution in [3.63, 3.8) is 0 Å². The molecule has 0 unspecified atom stereocenters. The molecule has 3 N–H and O–H groups in total. The summed E-state index contributed by atoms with van der Waals surface area (Å²) in [6, 6.07) is 5.47. The second-order valence-electron chi connectivity index (χ2n) is 4.32. The first-order valence-corrected chi connectivity index (χ1v) is 7.11. The van der Waals surface area contributed by atoms with Crippen molar-refractivity contribution in [2.45, 2.75) is 0 Å². The molecule has 102 valence electrons. The lowest BCUT2D eigenvalue weighted by atomic mass is 10.2. The van der Waals surface area contributed by atoms with Gasteiger partial charge < -0.3 is 16.0 Å². The number of fused-ring (bicyclic) bond motifs is 1. The van der Waals surface area contributed by atoms with Crippen molar-refractivity contribution in [3.05, 3.63) is 28.1 Å². The normalized spacial score (nSPS) is 10.9. The van der Waals surface area contributed by atoms with Crippen LogP contribution in [0, 0.1) is 0 Å². The minimum absolute atomic E-state index is 0.0509. The molecule has 0 aliphatic carbocycles. The summed E-state index contributed by atoms with van der Waals surface area (Å²) in [6.07, 6.45) is 0. The number of benzene rings is 1. The van der Waals surface area contributed by atoms with Crippen LogP contribution in [0.2, 0.25) is 5.02 Å². The molecule has 0 atom stereocenters. The number of nitrogen functional groups attached to an aromatic ring is 1. The monoisotopic (exact) mass is 297 g/mol. The predicted molar refractivity (Wildman–Crippen MR) is 82.1 cm³/mol. The summed E-state index contributed by atoms with van der Waals surface area (Å²) in [5, 5.41) is 4.55. The smallest absolute Gasteiger partial charge is 0.265 e. The van der Waals surface area contributed by atoms with E-state index >= 15 is 0 Å². The van der Waals surface area contributed by atoms with Crippen LogP contribution in [0.15, 0.2) is 18.2 Å². The Labute approximate surface area is 121 Å². The number of nitrogens with two attached hydrogens (primary N) is 1. The second-order valence-corrected chi connectivity index (χ2v) is 5.80. The zero-order chi connectivity index (χ0) is 14.0. The van der Waals surface area contributed by atoms with Gasteiger partial charge in [0.15, 0.2) is 0 Å². The van der Waals surface area contributed by atoms with Crippen LogP contribution in [-0.2, 0) is 0 Å². The Balaban J connectivity index is 2.34. The first-order chi connectivity index (χ1) is 9.04. The van der Waals surface area contributed by atoms with Crippen LogP contribution in [0.3, 0.4) is 0 Å². The fourth-order valence-electron chi connectivity index (χ4n) is 1.80. The van der Waals surface area contributed by atoms with E-state index in [2.05, 4.69) is 5.32 Å². The molecule has 2 rings (SSSR count). The van der Waals surface area contributed by atoms with Gasteiger partial charge >= 0.3 is 0 Å². The number of nitrogens with zero attached hydrogens (tertiary/aromatic N) is 1. The Hall–Kier alpha value is -1.30. The number of hydrogen-bond donors (Lipinski definition) is 2. The molecule has 0 spiro atoms. The zero-order valence-electron chi connectivity index (χ0n) is 10.9. The number of rotatable bonds is 4. The highest BCUT2D eigenvalue weighted by Crippen LogP contribution is 2.35. The summed E-state index contributed by atoms with van der Waals surface area (Å²) in [6.45, 7) is 1.39. The van der Waals surface area contributed by atoms with Crippen LogP contribution in [-0.4, -0.2) is 38.0 Å². The van der Waals surface area contributed by atoms with E-state index in [1.54, 1.807) is 18.0 Å². The van der Waals surface area contributed by atoms with Gasteiger partial charge in [0.05, 0.1) is 5.69 Å². The summed E-state index contributed by atoms with van der Waals surface area (Å²) in [7, 11) is 3.63. The van der Waals surface area contributed by atoms with Gasteiger partial charge in [0, 0.05) is 35.2 Å². The Morgan fingerprint density at radius 1 is 1.53 bits per heavy atom. The third-order valence-electron chi connectivity index (χ3n) is 2.93. The van der Waals surface area contributed by atoms with Crippen LogP contribution in [0.25, 0.3) is 10.1 Å². The standard InChI is InChI=1S/C13H16ClN3OS/c1-16-5-6-17(2)13(18)12-11(15)9-4-3-8(14)7-10(9)19-12/h3-4,7,16H,5-6,15H2,1-2H3. The van der Waals surface area contributed by atoms with E-state index in [9.17, 15) is 4.79 Å². The van der Waals surface area contributed by atoms with Crippen molar-refractivity contribution < 1.29 is 4.79 Å². The molecule has 19 heavy (non-hydrogen) atoms. The Kier molecular flexibility index (Phi) is 4.29. The molecule has 1 heterocycles. The molecule has 2 aromatic rings. The summed E-state index contributed by atoms with van der Waals surface area (Å²) >= 11 is 7.34. The van der Waals surface area contributed by atoms with E-state index in [1.165, 1.54) is 11.3 Å². The van der Waals surface area contributed by atoms with Crippen LogP contribution >= 0.6 is 22.9 Å². The van der Waals surface area contributed by atoms with Gasteiger partial charge in [-0.2, -0.15) is 0 Å². The van der Waals surface area contributed by atoms with Gasteiger partial charge in [0.2, 0.25) is 0 Å². The molecule has 0 saturated heterocycles. The van der Waals surface area contributed by atoms with E-state index in [-0.39, 0.29) is 5.91 Å². The van der Waals surface area contributed by atoms with Gasteiger partial charge in [-0.05, 0) is 25.2 Å². The topological polar surface area (TPSA) is 58.4 Å². The number of halogens is 1. The highest BCUT2D eigenvalue weighted by atomic mass is 35.5. The SMILES string of the molecule is CNCCN(C)C(=O)c1sc2cc(Cl)ccc2c1N. The third kappa shape index (κ3) is 2.83. The van der Waals surface area contributed by atoms with E-state index in [1.807, 2.05) is 19.2 Å². The molecular formula is C13H16ClN3OS. The number of nitrogens with one attached hydrogen (secondary N) is 1. The number of anilines is 1. The van der Waals surface area contributed by atoms with E-state index in [4.69, 9.17) is 17.3 Å². The number of likely N-dealkylation sites (N-methyl/N-ethyl adjacent to an activating group) is 2. The highest BCUT2D eigenvalue weighted by molar-refractivity contribution is 7.21. The Morgan fingerprint density at radius 3 is 2.95 bits per heavy atom. The lowest BCUT2D eigenvalue weighted by molar-refractivity contribution is 0.0802. The van der Waals surface area contributed by atoms with Gasteiger partial charge in [0.25, 0.3) is 5.91 Å². The van der Waals surface area contributed by atoms with Gasteiger partial charge in [-0.1, -0.05) is 11.6 Å². The van der Waals surface area contributed by atoms with Gasteiger partial charge in [-0.15, -0.1) is 11.3 Å². The van der Waals surface area contributed by atoms with Crippen LogP contribution in [0.1, 0.15) is 9.67 Å². The molecule has 6 heteroatoms. The van der Waals surface area contributed by atoms with E-state index < -0.39 is 0 Å². The first-order valence-electron chi connectivity index (χ1n) is 5.92. The van der Waals surface area contributed by atoms with Gasteiger partial charge in [-0.25, -0.2) is 0 Å². The molecule has 0 aliphatic heterocycles. The van der Waals surface area contributed by atoms with E-state index in [0.717, 1.165) is 16.6 Å². The maximum atomic E-state index is 12.3. The highest BCUT2D eigenvalue weighted by Gasteiger charge is 2.19. The lowest BCUT2D eigenvalue weighted by Crippen LogP contribution is -2.32. The van der Waals surface area contributed by atoms with Crippen LogP contribution in [0.5, 0.6) is 0 Å². The quantitative estimate of drug-likeness (QED) is 0.911. The van der Waals surface area contributed by atoms with Gasteiger partial charge in [-0.3, -0.25) is 4.79 Å². The maximum absolute atomic E-state index is 12.3. The average Bonchev–Trinajstić information content (AvgIpc) is 2.71. The van der Waals surface area contributed by atoms with Crippen molar-refractivity contribution in [1.82, 2.24) is 10.2 Å². The molecule has 0 fully saturated rings. The summed E-state index contributed by atoms with van der Waals surface area (Å²) in [5.41, 5.74) is 6.60. The molecule has 1 aromatic carbocycles. The Morgan fingerprint density at radius 2 is 2.26 bits per heavy atom. The largest absolute Gasteiger partial charge is 0.397 e. The number of amides is 1. The second kappa shape index (κ2) is 5.77. The summed E-state index contributed by atoms with van der Waals surface area (Å²) in [5.74, 6) is -0.0509. The summed E-state index contributed by atoms with van der Waals surface area (Å²) in [4.78, 5) is 14.6. The van der Waals surface area contributed by atoms with Gasteiger partial charge in [0.1, 0.15) is 4.88 Å². The Bertz CT molecular complexity index is 611. The van der Waals surface area contributed by atoms with Crippen molar-refractivity contribution in [2.75, 3.05) is 32.9 Å². The molecule has 0 bridgehead atoms. The molecule has 0 radical (unpaired) electrons. The number of thiophene rings is 1. The molecule has 1 aromatic heterocycles. The predicted octanol–water partition coefficient (Wildman–Crippen LogP) is 2.43. The molecule has 4 nitrogen and oxygen atoms in total. The summed E-state index contributed by atoms with van der Waals surface area (Å²) < 4.78 is 0.940.